The minimum absolute atomic E-state index is 0.0206. The first-order valence-corrected chi connectivity index (χ1v) is 10.5. The molecule has 26 heavy (non-hydrogen) atoms. The highest BCUT2D eigenvalue weighted by molar-refractivity contribution is 8.23. The summed E-state index contributed by atoms with van der Waals surface area (Å²) in [6.45, 7) is 5.86. The summed E-state index contributed by atoms with van der Waals surface area (Å²) < 4.78 is 0.811. The maximum Gasteiger partial charge on any atom is 0.164 e. The van der Waals surface area contributed by atoms with Crippen molar-refractivity contribution in [3.05, 3.63) is 69.7 Å². The van der Waals surface area contributed by atoms with Gasteiger partial charge in [0.25, 0.3) is 0 Å². The molecule has 0 fully saturated rings. The van der Waals surface area contributed by atoms with Gasteiger partial charge >= 0.3 is 0 Å². The van der Waals surface area contributed by atoms with Crippen molar-refractivity contribution in [2.45, 2.75) is 25.5 Å². The zero-order valence-electron chi connectivity index (χ0n) is 14.7. The van der Waals surface area contributed by atoms with Crippen LogP contribution in [0.2, 0.25) is 10.0 Å². The molecule has 0 aliphatic heterocycles. The molecule has 0 heterocycles. The van der Waals surface area contributed by atoms with E-state index in [0.29, 0.717) is 22.0 Å². The van der Waals surface area contributed by atoms with Crippen LogP contribution in [0.15, 0.2) is 48.5 Å². The number of halogens is 2. The number of thiocarbonyl (C=S) groups is 1. The number of rotatable bonds is 7. The lowest BCUT2D eigenvalue weighted by molar-refractivity contribution is 0.0982. The molecule has 6 heteroatoms. The fourth-order valence-corrected chi connectivity index (χ4v) is 4.61. The zero-order chi connectivity index (χ0) is 19.1. The molecular formula is C20H21Cl2NOS2. The number of carbonyl (C=O) groups excluding carboxylic acids is 1. The van der Waals surface area contributed by atoms with E-state index in [1.165, 1.54) is 0 Å². The smallest absolute Gasteiger partial charge is 0.164 e. The van der Waals surface area contributed by atoms with Gasteiger partial charge in [0.1, 0.15) is 4.32 Å². The molecule has 0 bridgehead atoms. The van der Waals surface area contributed by atoms with Gasteiger partial charge in [0, 0.05) is 30.3 Å². The third-order valence-electron chi connectivity index (χ3n) is 4.05. The van der Waals surface area contributed by atoms with Crippen LogP contribution in [0.3, 0.4) is 0 Å². The molecule has 1 unspecified atom stereocenters. The molecule has 0 saturated carbocycles. The van der Waals surface area contributed by atoms with Gasteiger partial charge in [0.2, 0.25) is 0 Å². The predicted molar refractivity (Wildman–Crippen MR) is 118 cm³/mol. The molecule has 0 spiro atoms. The third kappa shape index (κ3) is 5.71. The van der Waals surface area contributed by atoms with Crippen molar-refractivity contribution in [2.75, 3.05) is 13.1 Å². The Morgan fingerprint density at radius 2 is 1.73 bits per heavy atom. The van der Waals surface area contributed by atoms with Crippen LogP contribution in [-0.2, 0) is 0 Å². The number of Topliss-reactive ketones (excluding diaryl/α,β-unsaturated/α-hetero) is 1. The maximum atomic E-state index is 12.8. The normalized spacial score (nSPS) is 11.8. The summed E-state index contributed by atoms with van der Waals surface area (Å²) in [5.74, 6) is 0.0206. The second kappa shape index (κ2) is 10.3. The van der Waals surface area contributed by atoms with E-state index in [1.54, 1.807) is 30.0 Å². The molecule has 0 aliphatic rings. The van der Waals surface area contributed by atoms with Gasteiger partial charge in [-0.1, -0.05) is 77.5 Å². The SMILES string of the molecule is CCN(CC)C(=S)SC(CC(=O)c1ccc(Cl)c(Cl)c1)c1ccccc1. The fourth-order valence-electron chi connectivity index (χ4n) is 2.53. The lowest BCUT2D eigenvalue weighted by atomic mass is 10.0. The highest BCUT2D eigenvalue weighted by atomic mass is 35.5. The molecule has 0 amide bonds. The summed E-state index contributed by atoms with van der Waals surface area (Å²) in [4.78, 5) is 14.9. The first kappa shape index (κ1) is 21.2. The van der Waals surface area contributed by atoms with Crippen LogP contribution in [-0.4, -0.2) is 28.1 Å². The van der Waals surface area contributed by atoms with Gasteiger partial charge in [0.05, 0.1) is 10.0 Å². The summed E-state index contributed by atoms with van der Waals surface area (Å²) in [6, 6.07) is 15.0. The van der Waals surface area contributed by atoms with Crippen molar-refractivity contribution in [2.24, 2.45) is 0 Å². The lowest BCUT2D eigenvalue weighted by Crippen LogP contribution is -2.27. The molecule has 2 nitrogen and oxygen atoms in total. The summed E-state index contributed by atoms with van der Waals surface area (Å²) in [5, 5.41) is 0.784. The standard InChI is InChI=1S/C20H21Cl2NOS2/c1-3-23(4-2)20(25)26-19(14-8-6-5-7-9-14)13-18(24)15-10-11-16(21)17(22)12-15/h5-12,19H,3-4,13H2,1-2H3. The van der Waals surface area contributed by atoms with Crippen molar-refractivity contribution < 1.29 is 4.79 Å². The number of ketones is 1. The number of hydrogen-bond donors (Lipinski definition) is 0. The van der Waals surface area contributed by atoms with Gasteiger partial charge in [-0.25, -0.2) is 0 Å². The Hall–Kier alpha value is -1.07. The molecule has 0 N–H and O–H groups in total. The molecule has 0 radical (unpaired) electrons. The molecule has 0 saturated heterocycles. The molecule has 1 atom stereocenters. The fraction of sp³-hybridized carbons (Fsp3) is 0.300. The van der Waals surface area contributed by atoms with E-state index >= 15 is 0 Å². The van der Waals surface area contributed by atoms with E-state index < -0.39 is 0 Å². The van der Waals surface area contributed by atoms with Crippen LogP contribution in [0.1, 0.15) is 41.4 Å². The van der Waals surface area contributed by atoms with Crippen molar-refractivity contribution in [1.29, 1.82) is 0 Å². The van der Waals surface area contributed by atoms with Crippen LogP contribution in [0, 0.1) is 0 Å². The second-order valence-electron chi connectivity index (χ2n) is 5.71. The van der Waals surface area contributed by atoms with E-state index in [1.807, 2.05) is 30.3 Å². The first-order chi connectivity index (χ1) is 12.5. The van der Waals surface area contributed by atoms with E-state index in [-0.39, 0.29) is 11.0 Å². The predicted octanol–water partition coefficient (Wildman–Crippen LogP) is 6.67. The highest BCUT2D eigenvalue weighted by Crippen LogP contribution is 2.35. The summed E-state index contributed by atoms with van der Waals surface area (Å²) in [7, 11) is 0. The zero-order valence-corrected chi connectivity index (χ0v) is 17.9. The topological polar surface area (TPSA) is 20.3 Å². The Kier molecular flexibility index (Phi) is 8.42. The molecule has 2 aromatic carbocycles. The third-order valence-corrected chi connectivity index (χ3v) is 6.52. The minimum atomic E-state index is -0.0498. The Labute approximate surface area is 174 Å². The van der Waals surface area contributed by atoms with Gasteiger partial charge in [-0.15, -0.1) is 0 Å². The van der Waals surface area contributed by atoms with Crippen molar-refractivity contribution in [3.63, 3.8) is 0 Å². The van der Waals surface area contributed by atoms with Crippen molar-refractivity contribution in [3.8, 4) is 0 Å². The summed E-state index contributed by atoms with van der Waals surface area (Å²) in [5.41, 5.74) is 1.65. The lowest BCUT2D eigenvalue weighted by Gasteiger charge is -2.25. The van der Waals surface area contributed by atoms with Gasteiger partial charge in [-0.2, -0.15) is 0 Å². The van der Waals surface area contributed by atoms with Crippen LogP contribution >= 0.6 is 47.2 Å². The van der Waals surface area contributed by atoms with E-state index in [0.717, 1.165) is 23.0 Å². The van der Waals surface area contributed by atoms with Gasteiger partial charge < -0.3 is 4.90 Å². The minimum Gasteiger partial charge on any atom is -0.358 e. The van der Waals surface area contributed by atoms with Crippen LogP contribution < -0.4 is 0 Å². The average Bonchev–Trinajstić information content (AvgIpc) is 2.65. The molecule has 2 aromatic rings. The number of nitrogens with zero attached hydrogens (tertiary/aromatic N) is 1. The molecule has 138 valence electrons. The van der Waals surface area contributed by atoms with E-state index in [4.69, 9.17) is 35.4 Å². The Bertz CT molecular complexity index is 764. The van der Waals surface area contributed by atoms with Gasteiger partial charge in [0.15, 0.2) is 5.78 Å². The molecular weight excluding hydrogens is 405 g/mol. The summed E-state index contributed by atoms with van der Waals surface area (Å²) in [6.07, 6.45) is 0.341. The molecule has 0 aromatic heterocycles. The highest BCUT2D eigenvalue weighted by Gasteiger charge is 2.21. The second-order valence-corrected chi connectivity index (χ2v) is 8.36. The molecule has 2 rings (SSSR count). The van der Waals surface area contributed by atoms with Crippen molar-refractivity contribution in [1.82, 2.24) is 4.90 Å². The van der Waals surface area contributed by atoms with Gasteiger partial charge in [-0.3, -0.25) is 4.79 Å². The van der Waals surface area contributed by atoms with Crippen LogP contribution in [0.4, 0.5) is 0 Å². The van der Waals surface area contributed by atoms with Crippen molar-refractivity contribution >= 4 is 57.3 Å². The Morgan fingerprint density at radius 3 is 2.31 bits per heavy atom. The Morgan fingerprint density at radius 1 is 1.08 bits per heavy atom. The van der Waals surface area contributed by atoms with E-state index in [2.05, 4.69) is 18.7 Å². The Balaban J connectivity index is 2.22. The molecule has 0 aliphatic carbocycles. The largest absolute Gasteiger partial charge is 0.358 e. The first-order valence-electron chi connectivity index (χ1n) is 8.45. The number of benzene rings is 2. The van der Waals surface area contributed by atoms with Crippen LogP contribution in [0.25, 0.3) is 0 Å². The number of carbonyl (C=O) groups is 1. The van der Waals surface area contributed by atoms with E-state index in [9.17, 15) is 4.79 Å². The number of thioether (sulfide) groups is 1. The summed E-state index contributed by atoms with van der Waals surface area (Å²) >= 11 is 19.2. The quantitative estimate of drug-likeness (QED) is 0.364. The monoisotopic (exact) mass is 425 g/mol. The average molecular weight is 426 g/mol. The number of hydrogen-bond acceptors (Lipinski definition) is 3. The maximum absolute atomic E-state index is 12.8. The van der Waals surface area contributed by atoms with Crippen LogP contribution in [0.5, 0.6) is 0 Å². The van der Waals surface area contributed by atoms with Gasteiger partial charge in [-0.05, 0) is 37.6 Å².